The highest BCUT2D eigenvalue weighted by atomic mass is 28.4. The zero-order valence-corrected chi connectivity index (χ0v) is 14.7. The first kappa shape index (κ1) is 16.6. The molecule has 0 aromatic carbocycles. The van der Waals surface area contributed by atoms with E-state index in [1.165, 1.54) is 16.3 Å². The van der Waals surface area contributed by atoms with Crippen LogP contribution in [-0.4, -0.2) is 24.5 Å². The van der Waals surface area contributed by atoms with Crippen LogP contribution < -0.4 is 0 Å². The summed E-state index contributed by atoms with van der Waals surface area (Å²) in [5.41, 5.74) is 0.534. The van der Waals surface area contributed by atoms with Crippen molar-refractivity contribution in [3.63, 3.8) is 0 Å². The minimum atomic E-state index is -1.83. The molecule has 0 amide bonds. The van der Waals surface area contributed by atoms with Crippen LogP contribution in [0.1, 0.15) is 33.6 Å². The Kier molecular flexibility index (Phi) is 8.46. The van der Waals surface area contributed by atoms with Gasteiger partial charge in [-0.05, 0) is 24.6 Å². The van der Waals surface area contributed by atoms with Gasteiger partial charge in [-0.2, -0.15) is 0 Å². The van der Waals surface area contributed by atoms with E-state index in [4.69, 9.17) is 9.46 Å². The van der Waals surface area contributed by atoms with E-state index < -0.39 is 8.32 Å². The zero-order chi connectivity index (χ0) is 13.3. The summed E-state index contributed by atoms with van der Waals surface area (Å²) in [7, 11) is -0.666. The number of hydrogen-bond donors (Lipinski definition) is 0. The highest BCUT2D eigenvalue weighted by Crippen LogP contribution is 2.22. The molecule has 0 saturated carbocycles. The van der Waals surface area contributed by atoms with Gasteiger partial charge in [-0.3, -0.25) is 0 Å². The fourth-order valence-corrected chi connectivity index (χ4v) is 4.06. The van der Waals surface area contributed by atoms with Gasteiger partial charge in [0.15, 0.2) is 0 Å². The third-order valence-electron chi connectivity index (χ3n) is 3.35. The lowest BCUT2D eigenvalue weighted by atomic mass is 10.2. The van der Waals surface area contributed by atoms with Crippen molar-refractivity contribution < 1.29 is 14.3 Å². The molecule has 100 valence electrons. The van der Waals surface area contributed by atoms with Crippen molar-refractivity contribution in [2.24, 2.45) is 0 Å². The lowest BCUT2D eigenvalue weighted by molar-refractivity contribution is -0.216. The molecule has 0 aliphatic carbocycles. The SMILES string of the molecule is C=C(CCC[SiH3])C(=O)OO[Si](CC)(CC)CC. The highest BCUT2D eigenvalue weighted by Gasteiger charge is 2.32. The van der Waals surface area contributed by atoms with Crippen LogP contribution in [0.3, 0.4) is 0 Å². The van der Waals surface area contributed by atoms with Gasteiger partial charge in [-0.1, -0.05) is 39.8 Å². The van der Waals surface area contributed by atoms with Gasteiger partial charge in [-0.15, -0.1) is 0 Å². The maximum Gasteiger partial charge on any atom is 0.367 e. The summed E-state index contributed by atoms with van der Waals surface area (Å²) >= 11 is 0. The first-order valence-electron chi connectivity index (χ1n) is 6.63. The fourth-order valence-electron chi connectivity index (χ4n) is 1.60. The van der Waals surface area contributed by atoms with E-state index in [0.717, 1.165) is 31.0 Å². The Labute approximate surface area is 109 Å². The average Bonchev–Trinajstić information content (AvgIpc) is 2.37. The molecule has 0 fully saturated rings. The van der Waals surface area contributed by atoms with Crippen molar-refractivity contribution in [2.75, 3.05) is 0 Å². The summed E-state index contributed by atoms with van der Waals surface area (Å²) in [6.07, 6.45) is 1.75. The molecular weight excluding hydrogens is 248 g/mol. The maximum absolute atomic E-state index is 11.6. The van der Waals surface area contributed by atoms with Crippen molar-refractivity contribution in [1.82, 2.24) is 0 Å². The lowest BCUT2D eigenvalue weighted by Gasteiger charge is -2.25. The van der Waals surface area contributed by atoms with E-state index in [9.17, 15) is 4.79 Å². The summed E-state index contributed by atoms with van der Waals surface area (Å²) in [4.78, 5) is 16.6. The van der Waals surface area contributed by atoms with Crippen LogP contribution in [0.25, 0.3) is 0 Å². The maximum atomic E-state index is 11.6. The van der Waals surface area contributed by atoms with Crippen LogP contribution in [0.15, 0.2) is 12.2 Å². The second-order valence-electron chi connectivity index (χ2n) is 4.40. The molecule has 0 bridgehead atoms. The summed E-state index contributed by atoms with van der Waals surface area (Å²) in [5, 5.41) is 0. The third kappa shape index (κ3) is 5.65. The Morgan fingerprint density at radius 3 is 2.18 bits per heavy atom. The predicted molar refractivity (Wildman–Crippen MR) is 77.5 cm³/mol. The first-order valence-corrected chi connectivity index (χ1v) is 10.6. The quantitative estimate of drug-likeness (QED) is 0.281. The summed E-state index contributed by atoms with van der Waals surface area (Å²) in [6.45, 7) is 10.0. The number of hydrogen-bond acceptors (Lipinski definition) is 3. The molecule has 5 heteroatoms. The summed E-state index contributed by atoms with van der Waals surface area (Å²) in [5.74, 6) is -0.382. The summed E-state index contributed by atoms with van der Waals surface area (Å²) < 4.78 is 5.48. The Balaban J connectivity index is 4.17. The molecule has 0 unspecified atom stereocenters. The van der Waals surface area contributed by atoms with Crippen molar-refractivity contribution in [3.05, 3.63) is 12.2 Å². The molecule has 0 aliphatic rings. The second kappa shape index (κ2) is 8.66. The topological polar surface area (TPSA) is 35.5 Å². The Hall–Kier alpha value is -0.396. The van der Waals surface area contributed by atoms with Crippen LogP contribution in [-0.2, 0) is 14.3 Å². The second-order valence-corrected chi connectivity index (χ2v) is 10.1. The van der Waals surface area contributed by atoms with Gasteiger partial charge in [0.1, 0.15) is 0 Å². The fraction of sp³-hybridized carbons (Fsp3) is 0.750. The number of carbonyl (C=O) groups excluding carboxylic acids is 1. The van der Waals surface area contributed by atoms with E-state index in [1.807, 2.05) is 0 Å². The number of rotatable bonds is 9. The monoisotopic (exact) mass is 274 g/mol. The highest BCUT2D eigenvalue weighted by molar-refractivity contribution is 6.73. The van der Waals surface area contributed by atoms with Gasteiger partial charge in [0.25, 0.3) is 8.32 Å². The minimum Gasteiger partial charge on any atom is -0.305 e. The van der Waals surface area contributed by atoms with E-state index in [1.54, 1.807) is 0 Å². The van der Waals surface area contributed by atoms with Crippen LogP contribution in [0.4, 0.5) is 0 Å². The van der Waals surface area contributed by atoms with Crippen molar-refractivity contribution in [1.29, 1.82) is 0 Å². The van der Waals surface area contributed by atoms with Gasteiger partial charge in [0, 0.05) is 15.8 Å². The van der Waals surface area contributed by atoms with Crippen LogP contribution in [0.2, 0.25) is 24.2 Å². The normalized spacial score (nSPS) is 11.5. The number of carbonyl (C=O) groups is 1. The van der Waals surface area contributed by atoms with Gasteiger partial charge in [0.05, 0.1) is 0 Å². The predicted octanol–water partition coefficient (Wildman–Crippen LogP) is 2.59. The van der Waals surface area contributed by atoms with Gasteiger partial charge < -0.3 is 4.89 Å². The zero-order valence-electron chi connectivity index (χ0n) is 11.7. The summed E-state index contributed by atoms with van der Waals surface area (Å²) in [6, 6.07) is 4.10. The van der Waals surface area contributed by atoms with Gasteiger partial charge >= 0.3 is 5.97 Å². The molecule has 0 rings (SSSR count). The molecule has 0 aromatic heterocycles. The minimum absolute atomic E-state index is 0.382. The lowest BCUT2D eigenvalue weighted by Crippen LogP contribution is -2.36. The van der Waals surface area contributed by atoms with Crippen LogP contribution >= 0.6 is 0 Å². The van der Waals surface area contributed by atoms with Crippen molar-refractivity contribution >= 4 is 24.5 Å². The first-order chi connectivity index (χ1) is 8.05. The Bertz CT molecular complexity index is 242. The molecule has 0 saturated heterocycles. The molecule has 0 N–H and O–H groups in total. The molecule has 0 atom stereocenters. The molecule has 0 radical (unpaired) electrons. The molecule has 0 aromatic rings. The molecule has 0 aliphatic heterocycles. The van der Waals surface area contributed by atoms with E-state index in [0.29, 0.717) is 5.57 Å². The van der Waals surface area contributed by atoms with Crippen molar-refractivity contribution in [2.45, 2.75) is 57.8 Å². The molecule has 17 heavy (non-hydrogen) atoms. The standard InChI is InChI=1S/C12H26O3Si2/c1-5-17(6-2,7-3)15-14-12(13)11(4)9-8-10-16/h4-10H2,1-3,16H3. The molecule has 0 heterocycles. The van der Waals surface area contributed by atoms with E-state index in [2.05, 4.69) is 27.4 Å². The third-order valence-corrected chi connectivity index (χ3v) is 8.36. The molecule has 3 nitrogen and oxygen atoms in total. The Morgan fingerprint density at radius 2 is 1.76 bits per heavy atom. The average molecular weight is 275 g/mol. The van der Waals surface area contributed by atoms with Gasteiger partial charge in [-0.25, -0.2) is 9.37 Å². The smallest absolute Gasteiger partial charge is 0.305 e. The Morgan fingerprint density at radius 1 is 1.24 bits per heavy atom. The van der Waals surface area contributed by atoms with E-state index >= 15 is 0 Å². The van der Waals surface area contributed by atoms with E-state index in [-0.39, 0.29) is 5.97 Å². The largest absolute Gasteiger partial charge is 0.367 e. The van der Waals surface area contributed by atoms with Crippen LogP contribution in [0, 0.1) is 0 Å². The molecular formula is C12H26O3Si2. The van der Waals surface area contributed by atoms with Gasteiger partial charge in [0.2, 0.25) is 0 Å². The molecule has 0 spiro atoms. The van der Waals surface area contributed by atoms with Crippen molar-refractivity contribution in [3.8, 4) is 0 Å². The van der Waals surface area contributed by atoms with Crippen LogP contribution in [0.5, 0.6) is 0 Å².